The Morgan fingerprint density at radius 3 is 2.58 bits per heavy atom. The number of anilines is 2. The van der Waals surface area contributed by atoms with Crippen LogP contribution < -0.4 is 10.6 Å². The standard InChI is InChI=1S/C14H16F2N4OS3/c1-3-17-13-19-20-14(24-13)22-8(2)11(21)18-9-4-6-10(7-5-9)23-12(15)16/h4-8,12H,3H2,1-2H3,(H,17,19)(H,18,21)/t8-/m0/s1. The van der Waals surface area contributed by atoms with Gasteiger partial charge in [0.25, 0.3) is 5.76 Å². The molecule has 1 amide bonds. The molecular formula is C14H16F2N4OS3. The lowest BCUT2D eigenvalue weighted by Crippen LogP contribution is -2.22. The van der Waals surface area contributed by atoms with Gasteiger partial charge in [-0.2, -0.15) is 8.78 Å². The highest BCUT2D eigenvalue weighted by Crippen LogP contribution is 2.30. The Balaban J connectivity index is 1.88. The van der Waals surface area contributed by atoms with Crippen molar-refractivity contribution in [3.05, 3.63) is 24.3 Å². The van der Waals surface area contributed by atoms with Gasteiger partial charge in [0.1, 0.15) is 0 Å². The van der Waals surface area contributed by atoms with E-state index in [9.17, 15) is 13.6 Å². The van der Waals surface area contributed by atoms with Gasteiger partial charge in [0.2, 0.25) is 11.0 Å². The number of hydrogen-bond acceptors (Lipinski definition) is 7. The Kier molecular flexibility index (Phi) is 7.25. The molecule has 1 aromatic heterocycles. The summed E-state index contributed by atoms with van der Waals surface area (Å²) >= 11 is 3.18. The fraction of sp³-hybridized carbons (Fsp3) is 0.357. The highest BCUT2D eigenvalue weighted by atomic mass is 32.2. The first kappa shape index (κ1) is 18.9. The molecule has 0 saturated heterocycles. The molecule has 2 aromatic rings. The van der Waals surface area contributed by atoms with Crippen molar-refractivity contribution in [1.29, 1.82) is 0 Å². The van der Waals surface area contributed by atoms with E-state index in [1.165, 1.54) is 23.1 Å². The molecule has 1 atom stereocenters. The normalized spacial score (nSPS) is 12.2. The molecule has 0 bridgehead atoms. The van der Waals surface area contributed by atoms with Gasteiger partial charge >= 0.3 is 0 Å². The topological polar surface area (TPSA) is 66.9 Å². The van der Waals surface area contributed by atoms with Crippen LogP contribution in [0.3, 0.4) is 0 Å². The third-order valence-corrected chi connectivity index (χ3v) is 5.52. The van der Waals surface area contributed by atoms with Crippen molar-refractivity contribution in [2.24, 2.45) is 0 Å². The number of nitrogens with one attached hydrogen (secondary N) is 2. The Morgan fingerprint density at radius 1 is 1.25 bits per heavy atom. The highest BCUT2D eigenvalue weighted by molar-refractivity contribution is 8.02. The number of nitrogens with zero attached hydrogens (tertiary/aromatic N) is 2. The van der Waals surface area contributed by atoms with Crippen LogP contribution in [0.2, 0.25) is 0 Å². The molecule has 0 radical (unpaired) electrons. The van der Waals surface area contributed by atoms with Gasteiger partial charge in [-0.1, -0.05) is 34.9 Å². The second-order valence-electron chi connectivity index (χ2n) is 4.56. The van der Waals surface area contributed by atoms with E-state index >= 15 is 0 Å². The zero-order valence-electron chi connectivity index (χ0n) is 13.0. The monoisotopic (exact) mass is 390 g/mol. The predicted octanol–water partition coefficient (Wildman–Crippen LogP) is 4.40. The molecule has 2 rings (SSSR count). The largest absolute Gasteiger partial charge is 0.360 e. The van der Waals surface area contributed by atoms with Crippen molar-refractivity contribution >= 4 is 51.6 Å². The number of amides is 1. The molecular weight excluding hydrogens is 374 g/mol. The van der Waals surface area contributed by atoms with Crippen molar-refractivity contribution in [3.63, 3.8) is 0 Å². The molecule has 0 fully saturated rings. The third kappa shape index (κ3) is 5.91. The maximum Gasteiger partial charge on any atom is 0.288 e. The lowest BCUT2D eigenvalue weighted by Gasteiger charge is -2.10. The molecule has 0 aliphatic rings. The van der Waals surface area contributed by atoms with Crippen LogP contribution in [-0.4, -0.2) is 33.7 Å². The van der Waals surface area contributed by atoms with Crippen molar-refractivity contribution < 1.29 is 13.6 Å². The zero-order valence-corrected chi connectivity index (χ0v) is 15.4. The lowest BCUT2D eigenvalue weighted by atomic mass is 10.3. The highest BCUT2D eigenvalue weighted by Gasteiger charge is 2.17. The summed E-state index contributed by atoms with van der Waals surface area (Å²) in [5.41, 5.74) is 0.566. The Bertz CT molecular complexity index is 666. The molecule has 1 aromatic carbocycles. The molecule has 2 N–H and O–H groups in total. The van der Waals surface area contributed by atoms with E-state index in [0.717, 1.165) is 11.7 Å². The van der Waals surface area contributed by atoms with Crippen molar-refractivity contribution in [2.45, 2.75) is 34.1 Å². The third-order valence-electron chi connectivity index (χ3n) is 2.73. The molecule has 10 heteroatoms. The summed E-state index contributed by atoms with van der Waals surface area (Å²) in [6, 6.07) is 6.32. The van der Waals surface area contributed by atoms with Gasteiger partial charge in [-0.15, -0.1) is 10.2 Å². The maximum absolute atomic E-state index is 12.3. The number of thioether (sulfide) groups is 2. The zero-order chi connectivity index (χ0) is 17.5. The first-order chi connectivity index (χ1) is 11.5. The molecule has 0 aliphatic heterocycles. The Labute approximate surface area is 151 Å². The molecule has 0 aliphatic carbocycles. The van der Waals surface area contributed by atoms with Crippen molar-refractivity contribution in [2.75, 3.05) is 17.2 Å². The van der Waals surface area contributed by atoms with Gasteiger partial charge in [-0.3, -0.25) is 4.79 Å². The Hall–Kier alpha value is -1.39. The minimum absolute atomic E-state index is 0.186. The van der Waals surface area contributed by atoms with Crippen LogP contribution in [0.5, 0.6) is 0 Å². The van der Waals surface area contributed by atoms with E-state index in [2.05, 4.69) is 20.8 Å². The molecule has 24 heavy (non-hydrogen) atoms. The lowest BCUT2D eigenvalue weighted by molar-refractivity contribution is -0.115. The van der Waals surface area contributed by atoms with E-state index in [0.29, 0.717) is 26.7 Å². The number of benzene rings is 1. The molecule has 1 heterocycles. The van der Waals surface area contributed by atoms with Crippen LogP contribution in [0.15, 0.2) is 33.5 Å². The van der Waals surface area contributed by atoms with Gasteiger partial charge in [0, 0.05) is 17.1 Å². The van der Waals surface area contributed by atoms with Crippen molar-refractivity contribution in [1.82, 2.24) is 10.2 Å². The fourth-order valence-electron chi connectivity index (χ4n) is 1.65. The number of hydrogen-bond donors (Lipinski definition) is 2. The average Bonchev–Trinajstić information content (AvgIpc) is 2.96. The summed E-state index contributed by atoms with van der Waals surface area (Å²) < 4.78 is 25.2. The van der Waals surface area contributed by atoms with Crippen molar-refractivity contribution in [3.8, 4) is 0 Å². The number of alkyl halides is 2. The molecule has 5 nitrogen and oxygen atoms in total. The minimum atomic E-state index is -2.46. The maximum atomic E-state index is 12.3. The van der Waals surface area contributed by atoms with Crippen LogP contribution in [0.25, 0.3) is 0 Å². The van der Waals surface area contributed by atoms with E-state index in [-0.39, 0.29) is 11.2 Å². The number of rotatable bonds is 8. The van der Waals surface area contributed by atoms with Gasteiger partial charge in [0.15, 0.2) is 4.34 Å². The quantitative estimate of drug-likeness (QED) is 0.651. The summed E-state index contributed by atoms with van der Waals surface area (Å²) in [4.78, 5) is 12.6. The van der Waals surface area contributed by atoms with Gasteiger partial charge in [-0.25, -0.2) is 0 Å². The summed E-state index contributed by atoms with van der Waals surface area (Å²) in [7, 11) is 0. The molecule has 0 unspecified atom stereocenters. The first-order valence-corrected chi connectivity index (χ1v) is 9.65. The van der Waals surface area contributed by atoms with E-state index in [1.54, 1.807) is 31.2 Å². The number of halogens is 2. The first-order valence-electron chi connectivity index (χ1n) is 7.07. The molecule has 130 valence electrons. The van der Waals surface area contributed by atoms with Crippen LogP contribution in [-0.2, 0) is 4.79 Å². The summed E-state index contributed by atoms with van der Waals surface area (Å²) in [5, 5.41) is 14.2. The summed E-state index contributed by atoms with van der Waals surface area (Å²) in [6.07, 6.45) is 0. The van der Waals surface area contributed by atoms with Gasteiger partial charge in [0.05, 0.1) is 5.25 Å². The van der Waals surface area contributed by atoms with E-state index in [1.807, 2.05) is 6.92 Å². The molecule has 0 spiro atoms. The van der Waals surface area contributed by atoms with E-state index < -0.39 is 5.76 Å². The SMILES string of the molecule is CCNc1nnc(S[C@@H](C)C(=O)Nc2ccc(SC(F)F)cc2)s1. The van der Waals surface area contributed by atoms with Crippen LogP contribution in [0.1, 0.15) is 13.8 Å². The predicted molar refractivity (Wildman–Crippen MR) is 96.3 cm³/mol. The Morgan fingerprint density at radius 2 is 1.96 bits per heavy atom. The van der Waals surface area contributed by atoms with E-state index in [4.69, 9.17) is 0 Å². The van der Waals surface area contributed by atoms with Crippen LogP contribution >= 0.6 is 34.9 Å². The summed E-state index contributed by atoms with van der Waals surface area (Å²) in [5.74, 6) is -2.64. The summed E-state index contributed by atoms with van der Waals surface area (Å²) in [6.45, 7) is 4.50. The van der Waals surface area contributed by atoms with Gasteiger partial charge < -0.3 is 10.6 Å². The molecule has 0 saturated carbocycles. The minimum Gasteiger partial charge on any atom is -0.360 e. The number of carbonyl (C=O) groups is 1. The number of aromatic nitrogens is 2. The fourth-order valence-corrected chi connectivity index (χ4v) is 4.11. The van der Waals surface area contributed by atoms with Gasteiger partial charge in [-0.05, 0) is 38.1 Å². The second kappa shape index (κ2) is 9.19. The smallest absolute Gasteiger partial charge is 0.288 e. The second-order valence-corrected chi connectivity index (χ2v) is 8.18. The average molecular weight is 391 g/mol. The van der Waals surface area contributed by atoms with Crippen LogP contribution in [0.4, 0.5) is 19.6 Å². The van der Waals surface area contributed by atoms with Crippen LogP contribution in [0, 0.1) is 0 Å². The number of carbonyl (C=O) groups excluding carboxylic acids is 1.